The van der Waals surface area contributed by atoms with Crippen molar-refractivity contribution < 1.29 is 9.53 Å². The highest BCUT2D eigenvalue weighted by molar-refractivity contribution is 14.0. The van der Waals surface area contributed by atoms with Gasteiger partial charge < -0.3 is 20.7 Å². The van der Waals surface area contributed by atoms with E-state index in [1.807, 2.05) is 6.92 Å². The molecule has 6 nitrogen and oxygen atoms in total. The first kappa shape index (κ1) is 24.5. The minimum atomic E-state index is 0. The van der Waals surface area contributed by atoms with E-state index in [0.717, 1.165) is 64.1 Å². The van der Waals surface area contributed by atoms with Crippen LogP contribution in [0.1, 0.15) is 65.7 Å². The van der Waals surface area contributed by atoms with E-state index >= 15 is 0 Å². The molecule has 0 radical (unpaired) electrons. The normalized spacial score (nSPS) is 24.1. The predicted octanol–water partition coefficient (Wildman–Crippen LogP) is 3.06. The van der Waals surface area contributed by atoms with Gasteiger partial charge >= 0.3 is 0 Å². The summed E-state index contributed by atoms with van der Waals surface area (Å²) in [5.41, 5.74) is 0. The summed E-state index contributed by atoms with van der Waals surface area (Å²) in [5.74, 6) is 1.73. The molecule has 3 atom stereocenters. The Morgan fingerprint density at radius 1 is 1.15 bits per heavy atom. The maximum absolute atomic E-state index is 12.3. The number of nitrogens with zero attached hydrogens (tertiary/aromatic N) is 1. The molecule has 2 aliphatic rings. The molecule has 0 heterocycles. The molecule has 3 unspecified atom stereocenters. The minimum Gasteiger partial charge on any atom is -0.378 e. The molecule has 2 fully saturated rings. The highest BCUT2D eigenvalue weighted by Crippen LogP contribution is 2.26. The van der Waals surface area contributed by atoms with Crippen LogP contribution in [0.15, 0.2) is 4.99 Å². The largest absolute Gasteiger partial charge is 0.378 e. The van der Waals surface area contributed by atoms with Crippen LogP contribution in [-0.2, 0) is 9.53 Å². The van der Waals surface area contributed by atoms with E-state index in [-0.39, 0.29) is 41.9 Å². The molecular weight excluding hydrogens is 455 g/mol. The van der Waals surface area contributed by atoms with Crippen LogP contribution in [0, 0.1) is 11.8 Å². The van der Waals surface area contributed by atoms with Crippen molar-refractivity contribution in [3.05, 3.63) is 0 Å². The molecule has 0 bridgehead atoms. The van der Waals surface area contributed by atoms with Gasteiger partial charge in [0.25, 0.3) is 0 Å². The molecule has 1 amide bonds. The molecule has 0 saturated heterocycles. The number of halogens is 1. The third-order valence-electron chi connectivity index (χ3n) is 5.38. The molecule has 2 saturated carbocycles. The van der Waals surface area contributed by atoms with E-state index in [0.29, 0.717) is 18.0 Å². The molecule has 27 heavy (non-hydrogen) atoms. The summed E-state index contributed by atoms with van der Waals surface area (Å²) in [6.07, 6.45) is 7.63. The predicted molar refractivity (Wildman–Crippen MR) is 122 cm³/mol. The number of aliphatic imine (C=N–C) groups is 1. The number of hydrogen-bond donors (Lipinski definition) is 3. The lowest BCUT2D eigenvalue weighted by Crippen LogP contribution is -2.47. The SMILES string of the molecule is CCOC(CCNC(=NC)NC1CCCC(C(=O)NC2CC2)C1)C(C)C.I. The summed E-state index contributed by atoms with van der Waals surface area (Å²) in [7, 11) is 1.80. The van der Waals surface area contributed by atoms with Crippen molar-refractivity contribution in [3.63, 3.8) is 0 Å². The average Bonchev–Trinajstić information content (AvgIpc) is 3.44. The Kier molecular flexibility index (Phi) is 11.6. The van der Waals surface area contributed by atoms with Gasteiger partial charge in [0.05, 0.1) is 6.10 Å². The van der Waals surface area contributed by atoms with Crippen LogP contribution >= 0.6 is 24.0 Å². The van der Waals surface area contributed by atoms with Crippen molar-refractivity contribution in [2.24, 2.45) is 16.8 Å². The molecule has 0 aliphatic heterocycles. The van der Waals surface area contributed by atoms with Gasteiger partial charge in [0, 0.05) is 38.2 Å². The Labute approximate surface area is 182 Å². The third kappa shape index (κ3) is 8.98. The minimum absolute atomic E-state index is 0. The Morgan fingerprint density at radius 3 is 2.48 bits per heavy atom. The van der Waals surface area contributed by atoms with Gasteiger partial charge in [0.15, 0.2) is 5.96 Å². The molecule has 2 aliphatic carbocycles. The van der Waals surface area contributed by atoms with Gasteiger partial charge in [-0.1, -0.05) is 20.3 Å². The van der Waals surface area contributed by atoms with Crippen molar-refractivity contribution in [3.8, 4) is 0 Å². The Hall–Kier alpha value is -0.570. The van der Waals surface area contributed by atoms with E-state index in [1.165, 1.54) is 0 Å². The molecule has 0 aromatic carbocycles. The molecule has 0 aromatic rings. The Bertz CT molecular complexity index is 469. The number of hydrogen-bond acceptors (Lipinski definition) is 3. The van der Waals surface area contributed by atoms with Gasteiger partial charge in [-0.2, -0.15) is 0 Å². The number of nitrogens with one attached hydrogen (secondary N) is 3. The van der Waals surface area contributed by atoms with Crippen LogP contribution in [0.2, 0.25) is 0 Å². The number of rotatable bonds is 9. The van der Waals surface area contributed by atoms with Crippen molar-refractivity contribution in [1.29, 1.82) is 0 Å². The lowest BCUT2D eigenvalue weighted by molar-refractivity contribution is -0.126. The van der Waals surface area contributed by atoms with Gasteiger partial charge in [-0.3, -0.25) is 9.79 Å². The zero-order chi connectivity index (χ0) is 18.9. The van der Waals surface area contributed by atoms with E-state index in [2.05, 4.69) is 34.8 Å². The average molecular weight is 494 g/mol. The fourth-order valence-corrected chi connectivity index (χ4v) is 3.65. The number of amides is 1. The van der Waals surface area contributed by atoms with Gasteiger partial charge in [-0.05, 0) is 51.4 Å². The standard InChI is InChI=1S/C20H38N4O2.HI/c1-5-26-18(14(2)3)11-12-22-20(21-4)24-17-8-6-7-15(13-17)19(25)23-16-9-10-16;/h14-18H,5-13H2,1-4H3,(H,23,25)(H2,21,22,24);1H. The maximum atomic E-state index is 12.3. The second kappa shape index (κ2) is 12.8. The first-order valence-corrected chi connectivity index (χ1v) is 10.4. The Balaban J connectivity index is 0.00000364. The van der Waals surface area contributed by atoms with Gasteiger partial charge in [-0.15, -0.1) is 24.0 Å². The lowest BCUT2D eigenvalue weighted by atomic mass is 9.85. The van der Waals surface area contributed by atoms with E-state index < -0.39 is 0 Å². The summed E-state index contributed by atoms with van der Waals surface area (Å²) in [4.78, 5) is 16.7. The van der Waals surface area contributed by atoms with Crippen LogP contribution in [0.5, 0.6) is 0 Å². The summed E-state index contributed by atoms with van der Waals surface area (Å²) in [6.45, 7) is 8.02. The van der Waals surface area contributed by atoms with Gasteiger partial charge in [0.2, 0.25) is 5.91 Å². The summed E-state index contributed by atoms with van der Waals surface area (Å²) >= 11 is 0. The fraction of sp³-hybridized carbons (Fsp3) is 0.900. The zero-order valence-electron chi connectivity index (χ0n) is 17.4. The van der Waals surface area contributed by atoms with Crippen LogP contribution in [0.3, 0.4) is 0 Å². The van der Waals surface area contributed by atoms with Crippen LogP contribution in [0.4, 0.5) is 0 Å². The number of ether oxygens (including phenoxy) is 1. The van der Waals surface area contributed by atoms with Gasteiger partial charge in [0.1, 0.15) is 0 Å². The monoisotopic (exact) mass is 494 g/mol. The first-order chi connectivity index (χ1) is 12.5. The molecule has 0 aromatic heterocycles. The molecule has 2 rings (SSSR count). The number of guanidine groups is 1. The van der Waals surface area contributed by atoms with E-state index in [1.54, 1.807) is 7.05 Å². The fourth-order valence-electron chi connectivity index (χ4n) is 3.65. The van der Waals surface area contributed by atoms with Crippen LogP contribution in [-0.4, -0.2) is 50.3 Å². The quantitative estimate of drug-likeness (QED) is 0.262. The van der Waals surface area contributed by atoms with Crippen molar-refractivity contribution in [1.82, 2.24) is 16.0 Å². The molecule has 7 heteroatoms. The second-order valence-corrected chi connectivity index (χ2v) is 8.01. The van der Waals surface area contributed by atoms with Crippen LogP contribution in [0.25, 0.3) is 0 Å². The van der Waals surface area contributed by atoms with Crippen molar-refractivity contribution in [2.45, 2.75) is 83.9 Å². The summed E-state index contributed by atoms with van der Waals surface area (Å²) in [5, 5.41) is 10.1. The zero-order valence-corrected chi connectivity index (χ0v) is 19.8. The highest BCUT2D eigenvalue weighted by Gasteiger charge is 2.31. The molecular formula is C20H39IN4O2. The van der Waals surface area contributed by atoms with E-state index in [9.17, 15) is 4.79 Å². The van der Waals surface area contributed by atoms with Crippen molar-refractivity contribution >= 4 is 35.8 Å². The first-order valence-electron chi connectivity index (χ1n) is 10.4. The van der Waals surface area contributed by atoms with Gasteiger partial charge in [-0.25, -0.2) is 0 Å². The highest BCUT2D eigenvalue weighted by atomic mass is 127. The van der Waals surface area contributed by atoms with E-state index in [4.69, 9.17) is 4.74 Å². The number of carbonyl (C=O) groups excluding carboxylic acids is 1. The summed E-state index contributed by atoms with van der Waals surface area (Å²) < 4.78 is 5.80. The third-order valence-corrected chi connectivity index (χ3v) is 5.38. The maximum Gasteiger partial charge on any atom is 0.223 e. The molecule has 0 spiro atoms. The van der Waals surface area contributed by atoms with Crippen LogP contribution < -0.4 is 16.0 Å². The second-order valence-electron chi connectivity index (χ2n) is 8.01. The Morgan fingerprint density at radius 2 is 1.89 bits per heavy atom. The van der Waals surface area contributed by atoms with Crippen molar-refractivity contribution in [2.75, 3.05) is 20.2 Å². The topological polar surface area (TPSA) is 74.8 Å². The molecule has 158 valence electrons. The smallest absolute Gasteiger partial charge is 0.223 e. The lowest BCUT2D eigenvalue weighted by Gasteiger charge is -2.30. The molecule has 3 N–H and O–H groups in total. The summed E-state index contributed by atoms with van der Waals surface area (Å²) in [6, 6.07) is 0.766. The number of carbonyl (C=O) groups is 1.